The van der Waals surface area contributed by atoms with Crippen LogP contribution in [0.2, 0.25) is 0 Å². The topological polar surface area (TPSA) is 86.7 Å². The van der Waals surface area contributed by atoms with Crippen LogP contribution < -0.4 is 0 Å². The molecule has 0 saturated heterocycles. The van der Waals surface area contributed by atoms with Crippen molar-refractivity contribution in [3.8, 4) is 5.82 Å². The predicted octanol–water partition coefficient (Wildman–Crippen LogP) is 2.88. The van der Waals surface area contributed by atoms with E-state index in [4.69, 9.17) is 0 Å². The molecule has 7 nitrogen and oxygen atoms in total. The van der Waals surface area contributed by atoms with Crippen LogP contribution in [0.25, 0.3) is 5.82 Å². The van der Waals surface area contributed by atoms with Gasteiger partial charge in [-0.1, -0.05) is 23.9 Å². The fraction of sp³-hybridized carbons (Fsp3) is 0.133. The number of hydrogen-bond acceptors (Lipinski definition) is 6. The van der Waals surface area contributed by atoms with Crippen LogP contribution in [0.15, 0.2) is 54.1 Å². The van der Waals surface area contributed by atoms with Gasteiger partial charge in [-0.3, -0.25) is 14.7 Å². The van der Waals surface area contributed by atoms with Crippen LogP contribution in [-0.2, 0) is 6.42 Å². The Morgan fingerprint density at radius 2 is 2.13 bits per heavy atom. The summed E-state index contributed by atoms with van der Waals surface area (Å²) in [4.78, 5) is 23.4. The number of non-ortho nitro benzene ring substituents is 1. The zero-order chi connectivity index (χ0) is 16.2. The Bertz CT molecular complexity index is 849. The summed E-state index contributed by atoms with van der Waals surface area (Å²) in [7, 11) is 0. The van der Waals surface area contributed by atoms with Gasteiger partial charge >= 0.3 is 0 Å². The second-order valence-electron chi connectivity index (χ2n) is 4.72. The minimum Gasteiger partial charge on any atom is -0.288 e. The quantitative estimate of drug-likeness (QED) is 0.310. The zero-order valence-corrected chi connectivity index (χ0v) is 13.1. The average molecular weight is 327 g/mol. The van der Waals surface area contributed by atoms with Crippen molar-refractivity contribution in [3.05, 3.63) is 70.4 Å². The lowest BCUT2D eigenvalue weighted by molar-refractivity contribution is -0.384. The van der Waals surface area contributed by atoms with Gasteiger partial charge in [-0.25, -0.2) is 15.0 Å². The molecule has 0 saturated carbocycles. The molecule has 0 spiro atoms. The average Bonchev–Trinajstić information content (AvgIpc) is 3.03. The lowest BCUT2D eigenvalue weighted by Crippen LogP contribution is -2.04. The SMILES string of the molecule is CSc1nccc(-n2ccnc2Cc2cccc([N+](=O)[O-])c2)n1. The largest absolute Gasteiger partial charge is 0.288 e. The second-order valence-corrected chi connectivity index (χ2v) is 5.49. The maximum absolute atomic E-state index is 10.9. The van der Waals surface area contributed by atoms with Crippen molar-refractivity contribution < 1.29 is 4.92 Å². The number of imidazole rings is 1. The summed E-state index contributed by atoms with van der Waals surface area (Å²) < 4.78 is 1.86. The van der Waals surface area contributed by atoms with Gasteiger partial charge in [0.2, 0.25) is 0 Å². The highest BCUT2D eigenvalue weighted by Crippen LogP contribution is 2.18. The normalized spacial score (nSPS) is 10.7. The first-order valence-corrected chi connectivity index (χ1v) is 8.03. The van der Waals surface area contributed by atoms with E-state index in [0.29, 0.717) is 11.6 Å². The molecule has 0 atom stereocenters. The maximum Gasteiger partial charge on any atom is 0.269 e. The molecule has 3 aromatic rings. The number of nitrogens with zero attached hydrogens (tertiary/aromatic N) is 5. The molecule has 2 heterocycles. The monoisotopic (exact) mass is 327 g/mol. The van der Waals surface area contributed by atoms with Gasteiger partial charge in [-0.2, -0.15) is 0 Å². The molecular weight excluding hydrogens is 314 g/mol. The standard InChI is InChI=1S/C15H13N5O2S/c1-23-15-17-6-5-13(18-15)19-8-7-16-14(19)10-11-3-2-4-12(9-11)20(21)22/h2-9H,10H2,1H3. The number of thioether (sulfide) groups is 1. The van der Waals surface area contributed by atoms with E-state index in [1.807, 2.05) is 23.1 Å². The van der Waals surface area contributed by atoms with E-state index in [-0.39, 0.29) is 5.69 Å². The highest BCUT2D eigenvalue weighted by Gasteiger charge is 2.11. The van der Waals surface area contributed by atoms with E-state index in [1.165, 1.54) is 17.8 Å². The molecule has 0 N–H and O–H groups in total. The van der Waals surface area contributed by atoms with Crippen LogP contribution in [-0.4, -0.2) is 30.7 Å². The Hall–Kier alpha value is -2.74. The molecule has 1 aromatic carbocycles. The van der Waals surface area contributed by atoms with Gasteiger partial charge in [-0.05, 0) is 17.9 Å². The third kappa shape index (κ3) is 3.37. The molecule has 0 fully saturated rings. The molecule has 2 aromatic heterocycles. The Labute approximate surface area is 136 Å². The number of nitro benzene ring substituents is 1. The first-order valence-electron chi connectivity index (χ1n) is 6.80. The van der Waals surface area contributed by atoms with Gasteiger partial charge in [-0.15, -0.1) is 0 Å². The molecule has 23 heavy (non-hydrogen) atoms. The molecule has 0 aliphatic carbocycles. The molecule has 0 amide bonds. The fourth-order valence-corrected chi connectivity index (χ4v) is 2.55. The number of benzene rings is 1. The first-order chi connectivity index (χ1) is 11.2. The van der Waals surface area contributed by atoms with E-state index in [9.17, 15) is 10.1 Å². The Morgan fingerprint density at radius 1 is 1.26 bits per heavy atom. The number of aromatic nitrogens is 4. The second kappa shape index (κ2) is 6.57. The van der Waals surface area contributed by atoms with Gasteiger partial charge in [0.15, 0.2) is 5.16 Å². The number of rotatable bonds is 5. The van der Waals surface area contributed by atoms with Gasteiger partial charge < -0.3 is 0 Å². The van der Waals surface area contributed by atoms with Gasteiger partial charge in [0.1, 0.15) is 11.6 Å². The highest BCUT2D eigenvalue weighted by atomic mass is 32.2. The summed E-state index contributed by atoms with van der Waals surface area (Å²) in [6.45, 7) is 0. The van der Waals surface area contributed by atoms with Gasteiger partial charge in [0.25, 0.3) is 5.69 Å². The Kier molecular flexibility index (Phi) is 4.33. The van der Waals surface area contributed by atoms with Crippen molar-refractivity contribution in [3.63, 3.8) is 0 Å². The summed E-state index contributed by atoms with van der Waals surface area (Å²) in [5.74, 6) is 1.48. The number of nitro groups is 1. The van der Waals surface area contributed by atoms with E-state index in [0.717, 1.165) is 17.2 Å². The third-order valence-corrected chi connectivity index (χ3v) is 3.81. The van der Waals surface area contributed by atoms with Gasteiger partial charge in [0, 0.05) is 37.1 Å². The summed E-state index contributed by atoms with van der Waals surface area (Å²) in [6, 6.07) is 8.37. The van der Waals surface area contributed by atoms with Crippen LogP contribution in [0.5, 0.6) is 0 Å². The van der Waals surface area contributed by atoms with E-state index in [1.54, 1.807) is 30.6 Å². The smallest absolute Gasteiger partial charge is 0.269 e. The highest BCUT2D eigenvalue weighted by molar-refractivity contribution is 7.98. The lowest BCUT2D eigenvalue weighted by Gasteiger charge is -2.07. The molecule has 0 bridgehead atoms. The van der Waals surface area contributed by atoms with Crippen molar-refractivity contribution in [2.75, 3.05) is 6.26 Å². The van der Waals surface area contributed by atoms with Crippen LogP contribution in [0.4, 0.5) is 5.69 Å². The predicted molar refractivity (Wildman–Crippen MR) is 86.8 cm³/mol. The Balaban J connectivity index is 1.92. The molecule has 0 unspecified atom stereocenters. The van der Waals surface area contributed by atoms with Crippen LogP contribution >= 0.6 is 11.8 Å². The molecular formula is C15H13N5O2S. The van der Waals surface area contributed by atoms with Crippen molar-refractivity contribution >= 4 is 17.4 Å². The van der Waals surface area contributed by atoms with Crippen molar-refractivity contribution in [2.24, 2.45) is 0 Å². The first kappa shape index (κ1) is 15.2. The summed E-state index contributed by atoms with van der Waals surface area (Å²) in [5, 5.41) is 11.6. The molecule has 0 radical (unpaired) electrons. The summed E-state index contributed by atoms with van der Waals surface area (Å²) in [6.07, 6.45) is 7.60. The molecule has 0 aliphatic rings. The van der Waals surface area contributed by atoms with Gasteiger partial charge in [0.05, 0.1) is 4.92 Å². The summed E-state index contributed by atoms with van der Waals surface area (Å²) >= 11 is 1.46. The van der Waals surface area contributed by atoms with E-state index in [2.05, 4.69) is 15.0 Å². The van der Waals surface area contributed by atoms with Crippen molar-refractivity contribution in [1.82, 2.24) is 19.5 Å². The van der Waals surface area contributed by atoms with Crippen molar-refractivity contribution in [1.29, 1.82) is 0 Å². The molecule has 8 heteroatoms. The van der Waals surface area contributed by atoms with Crippen LogP contribution in [0, 0.1) is 10.1 Å². The minimum atomic E-state index is -0.398. The van der Waals surface area contributed by atoms with E-state index < -0.39 is 4.92 Å². The number of hydrogen-bond donors (Lipinski definition) is 0. The zero-order valence-electron chi connectivity index (χ0n) is 12.3. The van der Waals surface area contributed by atoms with Crippen LogP contribution in [0.3, 0.4) is 0 Å². The summed E-state index contributed by atoms with van der Waals surface area (Å²) in [5.41, 5.74) is 0.901. The Morgan fingerprint density at radius 3 is 2.91 bits per heavy atom. The molecule has 3 rings (SSSR count). The maximum atomic E-state index is 10.9. The van der Waals surface area contributed by atoms with Crippen LogP contribution in [0.1, 0.15) is 11.4 Å². The van der Waals surface area contributed by atoms with E-state index >= 15 is 0 Å². The van der Waals surface area contributed by atoms with Crippen molar-refractivity contribution in [2.45, 2.75) is 11.6 Å². The third-order valence-electron chi connectivity index (χ3n) is 3.25. The molecule has 0 aliphatic heterocycles. The molecule has 116 valence electrons. The minimum absolute atomic E-state index is 0.0762. The lowest BCUT2D eigenvalue weighted by atomic mass is 10.1. The fourth-order valence-electron chi connectivity index (χ4n) is 2.20.